The van der Waals surface area contributed by atoms with Gasteiger partial charge in [-0.2, -0.15) is 0 Å². The summed E-state index contributed by atoms with van der Waals surface area (Å²) in [5.41, 5.74) is 9.55. The van der Waals surface area contributed by atoms with Crippen LogP contribution in [0.5, 0.6) is 0 Å². The van der Waals surface area contributed by atoms with Gasteiger partial charge in [-0.05, 0) is 30.2 Å². The van der Waals surface area contributed by atoms with Crippen LogP contribution < -0.4 is 16.6 Å². The van der Waals surface area contributed by atoms with Crippen LogP contribution in [0.3, 0.4) is 0 Å². The summed E-state index contributed by atoms with van der Waals surface area (Å²) in [6.07, 6.45) is 0.339. The van der Waals surface area contributed by atoms with Gasteiger partial charge in [0, 0.05) is 12.4 Å². The van der Waals surface area contributed by atoms with E-state index in [9.17, 15) is 19.8 Å². The summed E-state index contributed by atoms with van der Waals surface area (Å²) in [5.74, 6) is -1.38. The second kappa shape index (κ2) is 11.6. The largest absolute Gasteiger partial charge is 0.550 e. The second-order valence-electron chi connectivity index (χ2n) is 5.96. The fourth-order valence-corrected chi connectivity index (χ4v) is 2.27. The molecule has 0 aliphatic heterocycles. The van der Waals surface area contributed by atoms with Gasteiger partial charge in [0.25, 0.3) is 0 Å². The first kappa shape index (κ1) is 21.1. The van der Waals surface area contributed by atoms with E-state index in [1.807, 2.05) is 44.2 Å². The van der Waals surface area contributed by atoms with Gasteiger partial charge >= 0.3 is 0 Å². The molecule has 23 heavy (non-hydrogen) atoms. The van der Waals surface area contributed by atoms with E-state index in [0.29, 0.717) is 18.9 Å². The van der Waals surface area contributed by atoms with E-state index in [1.165, 1.54) is 0 Å². The Labute approximate surface area is 137 Å². The molecule has 130 valence electrons. The highest BCUT2D eigenvalue weighted by atomic mass is 16.4. The Kier molecular flexibility index (Phi) is 10.7. The SMILES string of the molecule is CC(C)C[C@@H](CC(N)=O)CC(=O)[O-].[NH3+]C[C@H](O)c1ccccc1. The molecule has 2 atom stereocenters. The van der Waals surface area contributed by atoms with Crippen molar-refractivity contribution >= 4 is 11.9 Å². The normalized spacial score (nSPS) is 12.9. The van der Waals surface area contributed by atoms with Gasteiger partial charge in [-0.25, -0.2) is 0 Å². The van der Waals surface area contributed by atoms with E-state index in [-0.39, 0.29) is 18.8 Å². The molecule has 0 heterocycles. The lowest BCUT2D eigenvalue weighted by atomic mass is 9.91. The lowest BCUT2D eigenvalue weighted by molar-refractivity contribution is -0.385. The molecule has 0 aromatic heterocycles. The zero-order valence-electron chi connectivity index (χ0n) is 13.9. The van der Waals surface area contributed by atoms with Gasteiger partial charge in [0.05, 0.1) is 0 Å². The van der Waals surface area contributed by atoms with Crippen LogP contribution in [-0.2, 0) is 9.59 Å². The molecule has 6 nitrogen and oxygen atoms in total. The summed E-state index contributed by atoms with van der Waals surface area (Å²) in [4.78, 5) is 20.9. The fraction of sp³-hybridized carbons (Fsp3) is 0.529. The van der Waals surface area contributed by atoms with Crippen LogP contribution in [0.25, 0.3) is 0 Å². The van der Waals surface area contributed by atoms with Crippen LogP contribution in [0, 0.1) is 11.8 Å². The van der Waals surface area contributed by atoms with E-state index >= 15 is 0 Å². The third kappa shape index (κ3) is 11.3. The first-order valence-corrected chi connectivity index (χ1v) is 7.76. The molecule has 0 aliphatic rings. The topological polar surface area (TPSA) is 131 Å². The minimum Gasteiger partial charge on any atom is -0.550 e. The number of aliphatic carboxylic acids is 1. The van der Waals surface area contributed by atoms with Crippen molar-refractivity contribution < 1.29 is 25.5 Å². The molecule has 1 aromatic rings. The number of amides is 1. The first-order valence-electron chi connectivity index (χ1n) is 7.76. The van der Waals surface area contributed by atoms with Crippen molar-refractivity contribution in [3.63, 3.8) is 0 Å². The van der Waals surface area contributed by atoms with Crippen molar-refractivity contribution in [2.75, 3.05) is 6.54 Å². The van der Waals surface area contributed by atoms with Crippen LogP contribution in [-0.4, -0.2) is 23.5 Å². The first-order chi connectivity index (χ1) is 10.8. The van der Waals surface area contributed by atoms with E-state index in [4.69, 9.17) is 5.73 Å². The van der Waals surface area contributed by atoms with Crippen LogP contribution in [0.2, 0.25) is 0 Å². The number of carboxylic acids is 1. The van der Waals surface area contributed by atoms with E-state index in [2.05, 4.69) is 5.73 Å². The molecule has 0 aliphatic carbocycles. The molecule has 0 unspecified atom stereocenters. The number of nitrogens with two attached hydrogens (primary N) is 1. The number of rotatable bonds is 8. The maximum atomic E-state index is 10.6. The Hall–Kier alpha value is -1.92. The molecule has 6 heteroatoms. The number of hydrogen-bond acceptors (Lipinski definition) is 4. The average molecular weight is 324 g/mol. The van der Waals surface area contributed by atoms with Crippen molar-refractivity contribution in [3.8, 4) is 0 Å². The quantitative estimate of drug-likeness (QED) is 0.601. The maximum Gasteiger partial charge on any atom is 0.217 e. The van der Waals surface area contributed by atoms with Gasteiger partial charge in [0.1, 0.15) is 12.6 Å². The van der Waals surface area contributed by atoms with Crippen LogP contribution >= 0.6 is 0 Å². The van der Waals surface area contributed by atoms with Crippen LogP contribution in [0.4, 0.5) is 0 Å². The highest BCUT2D eigenvalue weighted by Gasteiger charge is 2.13. The standard InChI is InChI=1S/C9H17NO3.C8H11NO/c1-6(2)3-7(4-8(10)11)5-9(12)13;9-6-8(10)7-4-2-1-3-5-7/h6-7H,3-5H2,1-2H3,(H2,10,11)(H,12,13);1-5,8,10H,6,9H2/t7-;8-/m00/s1. The maximum absolute atomic E-state index is 10.6. The Morgan fingerprint density at radius 3 is 2.17 bits per heavy atom. The van der Waals surface area contributed by atoms with Gasteiger partial charge in [0.2, 0.25) is 5.91 Å². The number of benzene rings is 1. The summed E-state index contributed by atoms with van der Waals surface area (Å²) in [7, 11) is 0. The van der Waals surface area contributed by atoms with E-state index < -0.39 is 18.0 Å². The Morgan fingerprint density at radius 1 is 1.22 bits per heavy atom. The highest BCUT2D eigenvalue weighted by Crippen LogP contribution is 2.18. The third-order valence-corrected chi connectivity index (χ3v) is 3.21. The van der Waals surface area contributed by atoms with Crippen LogP contribution in [0.15, 0.2) is 30.3 Å². The molecule has 0 bridgehead atoms. The lowest BCUT2D eigenvalue weighted by Crippen LogP contribution is -2.52. The molecule has 1 amide bonds. The van der Waals surface area contributed by atoms with Crippen molar-refractivity contribution in [1.29, 1.82) is 0 Å². The van der Waals surface area contributed by atoms with Gasteiger partial charge in [0.15, 0.2) is 0 Å². The molecular weight excluding hydrogens is 296 g/mol. The molecule has 1 rings (SSSR count). The lowest BCUT2D eigenvalue weighted by Gasteiger charge is -2.17. The van der Waals surface area contributed by atoms with Gasteiger partial charge in [-0.15, -0.1) is 0 Å². The zero-order chi connectivity index (χ0) is 17.8. The van der Waals surface area contributed by atoms with E-state index in [1.54, 1.807) is 0 Å². The van der Waals surface area contributed by atoms with Gasteiger partial charge in [-0.3, -0.25) is 4.79 Å². The summed E-state index contributed by atoms with van der Waals surface area (Å²) >= 11 is 0. The van der Waals surface area contributed by atoms with Crippen LogP contribution in [0.1, 0.15) is 44.8 Å². The minimum atomic E-state index is -1.12. The summed E-state index contributed by atoms with van der Waals surface area (Å²) in [6, 6.07) is 9.55. The molecule has 0 saturated heterocycles. The molecular formula is C17H28N2O4. The number of hydrogen-bond donors (Lipinski definition) is 3. The molecule has 0 spiro atoms. The number of aliphatic hydroxyl groups excluding tert-OH is 1. The molecule has 1 aromatic carbocycles. The minimum absolute atomic E-state index is 0.0822. The molecule has 6 N–H and O–H groups in total. The van der Waals surface area contributed by atoms with Gasteiger partial charge in [-0.1, -0.05) is 44.2 Å². The summed E-state index contributed by atoms with van der Waals surface area (Å²) in [5, 5.41) is 19.6. The Morgan fingerprint density at radius 2 is 1.78 bits per heavy atom. The number of carbonyl (C=O) groups is 2. The molecule has 0 radical (unpaired) electrons. The number of primary amides is 1. The van der Waals surface area contributed by atoms with E-state index in [0.717, 1.165) is 5.56 Å². The zero-order valence-corrected chi connectivity index (χ0v) is 13.9. The second-order valence-corrected chi connectivity index (χ2v) is 5.96. The number of aliphatic hydroxyl groups is 1. The number of carboxylic acid groups (broad SMARTS) is 1. The van der Waals surface area contributed by atoms with Crippen molar-refractivity contribution in [3.05, 3.63) is 35.9 Å². The average Bonchev–Trinajstić information content (AvgIpc) is 2.46. The number of quaternary nitrogens is 1. The highest BCUT2D eigenvalue weighted by molar-refractivity contribution is 5.75. The predicted molar refractivity (Wildman–Crippen MR) is 85.5 cm³/mol. The summed E-state index contributed by atoms with van der Waals surface area (Å²) < 4.78 is 0. The monoisotopic (exact) mass is 324 g/mol. The predicted octanol–water partition coefficient (Wildman–Crippen LogP) is -0.374. The molecule has 0 saturated carbocycles. The fourth-order valence-electron chi connectivity index (χ4n) is 2.27. The molecule has 0 fully saturated rings. The van der Waals surface area contributed by atoms with Crippen molar-refractivity contribution in [2.24, 2.45) is 17.6 Å². The summed E-state index contributed by atoms with van der Waals surface area (Å²) in [6.45, 7) is 4.48. The smallest absolute Gasteiger partial charge is 0.217 e. The third-order valence-electron chi connectivity index (χ3n) is 3.21. The van der Waals surface area contributed by atoms with Crippen molar-refractivity contribution in [1.82, 2.24) is 0 Å². The van der Waals surface area contributed by atoms with Crippen molar-refractivity contribution in [2.45, 2.75) is 39.2 Å². The Balaban J connectivity index is 0.000000433. The Bertz CT molecular complexity index is 447. The van der Waals surface area contributed by atoms with Gasteiger partial charge < -0.3 is 26.5 Å². The number of carbonyl (C=O) groups excluding carboxylic acids is 2.